The van der Waals surface area contributed by atoms with Gasteiger partial charge in [-0.05, 0) is 49.6 Å². The first-order chi connectivity index (χ1) is 8.99. The summed E-state index contributed by atoms with van der Waals surface area (Å²) in [7, 11) is 2.65. The SMILES string of the molecule is CNC1C(S(=O)c2ccc(OC)cc2)CCC1(C)C. The van der Waals surface area contributed by atoms with Crippen LogP contribution in [-0.2, 0) is 10.8 Å². The summed E-state index contributed by atoms with van der Waals surface area (Å²) < 4.78 is 17.9. The highest BCUT2D eigenvalue weighted by Gasteiger charge is 2.44. The van der Waals surface area contributed by atoms with Crippen molar-refractivity contribution in [2.24, 2.45) is 5.41 Å². The first kappa shape index (κ1) is 14.5. The van der Waals surface area contributed by atoms with Gasteiger partial charge in [0.1, 0.15) is 5.75 Å². The summed E-state index contributed by atoms with van der Waals surface area (Å²) in [6.45, 7) is 4.50. The van der Waals surface area contributed by atoms with Crippen molar-refractivity contribution in [3.8, 4) is 5.75 Å². The van der Waals surface area contributed by atoms with E-state index >= 15 is 0 Å². The number of ether oxygens (including phenoxy) is 1. The largest absolute Gasteiger partial charge is 0.497 e. The van der Waals surface area contributed by atoms with E-state index in [2.05, 4.69) is 19.2 Å². The maximum atomic E-state index is 12.7. The van der Waals surface area contributed by atoms with Crippen LogP contribution in [0.25, 0.3) is 0 Å². The molecule has 0 radical (unpaired) electrons. The molecule has 3 unspecified atom stereocenters. The molecule has 1 N–H and O–H groups in total. The number of hydrogen-bond acceptors (Lipinski definition) is 3. The standard InChI is InChI=1S/C15H23NO2S/c1-15(2)10-9-13(14(15)16-3)19(17)12-7-5-11(18-4)6-8-12/h5-8,13-14,16H,9-10H2,1-4H3. The van der Waals surface area contributed by atoms with Crippen LogP contribution in [0.4, 0.5) is 0 Å². The zero-order valence-electron chi connectivity index (χ0n) is 12.1. The van der Waals surface area contributed by atoms with Crippen LogP contribution in [0.15, 0.2) is 29.2 Å². The van der Waals surface area contributed by atoms with E-state index in [9.17, 15) is 4.21 Å². The highest BCUT2D eigenvalue weighted by atomic mass is 32.2. The van der Waals surface area contributed by atoms with Crippen LogP contribution in [0.3, 0.4) is 0 Å². The third kappa shape index (κ3) is 2.84. The van der Waals surface area contributed by atoms with E-state index in [1.165, 1.54) is 0 Å². The molecular weight excluding hydrogens is 258 g/mol. The topological polar surface area (TPSA) is 38.3 Å². The molecule has 0 saturated heterocycles. The lowest BCUT2D eigenvalue weighted by atomic mass is 9.87. The molecule has 0 amide bonds. The Morgan fingerprint density at radius 3 is 2.47 bits per heavy atom. The molecule has 1 aromatic rings. The summed E-state index contributed by atoms with van der Waals surface area (Å²) in [6.07, 6.45) is 2.13. The number of methoxy groups -OCH3 is 1. The molecule has 0 spiro atoms. The lowest BCUT2D eigenvalue weighted by molar-refractivity contribution is 0.299. The van der Waals surface area contributed by atoms with Crippen molar-refractivity contribution in [1.82, 2.24) is 5.32 Å². The van der Waals surface area contributed by atoms with E-state index in [4.69, 9.17) is 4.74 Å². The van der Waals surface area contributed by atoms with Gasteiger partial charge in [0.05, 0.1) is 23.2 Å². The number of benzene rings is 1. The van der Waals surface area contributed by atoms with Gasteiger partial charge in [-0.15, -0.1) is 0 Å². The minimum absolute atomic E-state index is 0.188. The Bertz CT molecular complexity index is 456. The van der Waals surface area contributed by atoms with E-state index < -0.39 is 10.8 Å². The molecule has 1 aliphatic carbocycles. The maximum Gasteiger partial charge on any atom is 0.118 e. The fraction of sp³-hybridized carbons (Fsp3) is 0.600. The van der Waals surface area contributed by atoms with Crippen molar-refractivity contribution in [2.45, 2.75) is 42.9 Å². The smallest absolute Gasteiger partial charge is 0.118 e. The van der Waals surface area contributed by atoms with Gasteiger partial charge in [0, 0.05) is 10.9 Å². The van der Waals surface area contributed by atoms with Crippen LogP contribution in [0.2, 0.25) is 0 Å². The third-order valence-electron chi connectivity index (χ3n) is 4.16. The van der Waals surface area contributed by atoms with Gasteiger partial charge in [0.15, 0.2) is 0 Å². The summed E-state index contributed by atoms with van der Waals surface area (Å²) >= 11 is 0. The van der Waals surface area contributed by atoms with Gasteiger partial charge in [-0.2, -0.15) is 0 Å². The molecule has 1 aromatic carbocycles. The fourth-order valence-electron chi connectivity index (χ4n) is 3.03. The molecule has 0 bridgehead atoms. The molecule has 1 aliphatic rings. The summed E-state index contributed by atoms with van der Waals surface area (Å²) in [4.78, 5) is 0.892. The Morgan fingerprint density at radius 1 is 1.32 bits per heavy atom. The minimum Gasteiger partial charge on any atom is -0.497 e. The molecule has 106 valence electrons. The molecule has 0 aliphatic heterocycles. The highest BCUT2D eigenvalue weighted by Crippen LogP contribution is 2.41. The Morgan fingerprint density at radius 2 is 1.95 bits per heavy atom. The van der Waals surface area contributed by atoms with Gasteiger partial charge in [-0.25, -0.2) is 0 Å². The molecule has 3 atom stereocenters. The van der Waals surface area contributed by atoms with Crippen LogP contribution in [0.5, 0.6) is 5.75 Å². The zero-order valence-corrected chi connectivity index (χ0v) is 12.9. The molecular formula is C15H23NO2S. The van der Waals surface area contributed by atoms with Gasteiger partial charge in [0.2, 0.25) is 0 Å². The van der Waals surface area contributed by atoms with Crippen LogP contribution < -0.4 is 10.1 Å². The predicted molar refractivity (Wildman–Crippen MR) is 79.1 cm³/mol. The monoisotopic (exact) mass is 281 g/mol. The van der Waals surface area contributed by atoms with Crippen molar-refractivity contribution in [1.29, 1.82) is 0 Å². The minimum atomic E-state index is -0.964. The Labute approximate surface area is 118 Å². The number of rotatable bonds is 4. The summed E-state index contributed by atoms with van der Waals surface area (Å²) in [6, 6.07) is 7.87. The van der Waals surface area contributed by atoms with Gasteiger partial charge in [-0.1, -0.05) is 13.8 Å². The van der Waals surface area contributed by atoms with Crippen molar-refractivity contribution in [3.63, 3.8) is 0 Å². The van der Waals surface area contributed by atoms with Gasteiger partial charge >= 0.3 is 0 Å². The molecule has 4 heteroatoms. The molecule has 1 fully saturated rings. The van der Waals surface area contributed by atoms with Crippen LogP contribution in [0, 0.1) is 5.41 Å². The van der Waals surface area contributed by atoms with E-state index in [1.807, 2.05) is 31.3 Å². The van der Waals surface area contributed by atoms with E-state index in [0.717, 1.165) is 23.5 Å². The van der Waals surface area contributed by atoms with Crippen LogP contribution in [-0.4, -0.2) is 29.7 Å². The van der Waals surface area contributed by atoms with Crippen molar-refractivity contribution < 1.29 is 8.95 Å². The lowest BCUT2D eigenvalue weighted by Crippen LogP contribution is -2.44. The van der Waals surface area contributed by atoms with Crippen molar-refractivity contribution >= 4 is 10.8 Å². The quantitative estimate of drug-likeness (QED) is 0.922. The molecule has 1 saturated carbocycles. The van der Waals surface area contributed by atoms with Crippen LogP contribution >= 0.6 is 0 Å². The fourth-order valence-corrected chi connectivity index (χ4v) is 4.87. The van der Waals surface area contributed by atoms with E-state index in [0.29, 0.717) is 6.04 Å². The molecule has 0 aromatic heterocycles. The number of hydrogen-bond donors (Lipinski definition) is 1. The van der Waals surface area contributed by atoms with Crippen LogP contribution in [0.1, 0.15) is 26.7 Å². The first-order valence-electron chi connectivity index (χ1n) is 6.71. The predicted octanol–water partition coefficient (Wildman–Crippen LogP) is 2.58. The van der Waals surface area contributed by atoms with E-state index in [-0.39, 0.29) is 10.7 Å². The second kappa shape index (κ2) is 5.63. The Hall–Kier alpha value is -0.870. The third-order valence-corrected chi connectivity index (χ3v) is 5.96. The molecule has 0 heterocycles. The second-order valence-corrected chi connectivity index (χ2v) is 7.48. The van der Waals surface area contributed by atoms with Crippen molar-refractivity contribution in [2.75, 3.05) is 14.2 Å². The first-order valence-corrected chi connectivity index (χ1v) is 7.93. The van der Waals surface area contributed by atoms with Gasteiger partial charge < -0.3 is 10.1 Å². The van der Waals surface area contributed by atoms with Gasteiger partial charge in [0.25, 0.3) is 0 Å². The molecule has 2 rings (SSSR count). The van der Waals surface area contributed by atoms with Crippen molar-refractivity contribution in [3.05, 3.63) is 24.3 Å². The average molecular weight is 281 g/mol. The molecule has 19 heavy (non-hydrogen) atoms. The Balaban J connectivity index is 2.19. The summed E-state index contributed by atoms with van der Waals surface area (Å²) in [5.41, 5.74) is 0.210. The average Bonchev–Trinajstić information content (AvgIpc) is 2.72. The summed E-state index contributed by atoms with van der Waals surface area (Å²) in [5.74, 6) is 0.803. The van der Waals surface area contributed by atoms with Gasteiger partial charge in [-0.3, -0.25) is 4.21 Å². The number of nitrogens with one attached hydrogen (secondary N) is 1. The van der Waals surface area contributed by atoms with E-state index in [1.54, 1.807) is 7.11 Å². The molecule has 3 nitrogen and oxygen atoms in total. The maximum absolute atomic E-state index is 12.7. The normalized spacial score (nSPS) is 27.2. The Kier molecular flexibility index (Phi) is 4.31. The zero-order chi connectivity index (χ0) is 14.0. The highest BCUT2D eigenvalue weighted by molar-refractivity contribution is 7.85. The summed E-state index contributed by atoms with van der Waals surface area (Å²) in [5, 5.41) is 3.55. The second-order valence-electron chi connectivity index (χ2n) is 5.80. The lowest BCUT2D eigenvalue weighted by Gasteiger charge is -2.30.